The number of aliphatic hydroxyl groups excluding tert-OH is 3. The van der Waals surface area contributed by atoms with Crippen molar-refractivity contribution in [2.45, 2.75) is 0 Å². The molecule has 86 valence electrons. The van der Waals surface area contributed by atoms with Crippen LogP contribution in [-0.2, 0) is 0 Å². The van der Waals surface area contributed by atoms with Crippen LogP contribution in [0.4, 0.5) is 0 Å². The number of hydrogen-bond acceptors (Lipinski definition) is 6. The van der Waals surface area contributed by atoms with E-state index in [4.69, 9.17) is 32.5 Å². The molecule has 0 heterocycles. The Bertz CT molecular complexity index is 38.6. The second-order valence-electron chi connectivity index (χ2n) is 1.54. The molecule has 0 bridgehead atoms. The van der Waals surface area contributed by atoms with E-state index in [1.807, 2.05) is 0 Å². The molecule has 0 atom stereocenters. The molecule has 0 aromatic heterocycles. The zero-order chi connectivity index (χ0) is 10.2. The summed E-state index contributed by atoms with van der Waals surface area (Å²) in [7, 11) is 0. The van der Waals surface area contributed by atoms with Crippen molar-refractivity contribution in [3.63, 3.8) is 0 Å². The van der Waals surface area contributed by atoms with Gasteiger partial charge in [0.25, 0.3) is 0 Å². The molecule has 7 heteroatoms. The molecule has 0 fully saturated rings. The van der Waals surface area contributed by atoms with Crippen LogP contribution < -0.4 is 17.2 Å². The maximum Gasteiger partial charge on any atom is 0.0553 e. The average molecular weight is 220 g/mol. The second-order valence-corrected chi connectivity index (χ2v) is 1.54. The Morgan fingerprint density at radius 1 is 0.615 bits per heavy atom. The average Bonchev–Trinajstić information content (AvgIpc) is 2.18. The number of aliphatic hydroxyl groups is 3. The summed E-state index contributed by atoms with van der Waals surface area (Å²) in [5.74, 6) is 0. The molecular formula is C6H22ClN3O3. The Morgan fingerprint density at radius 3 is 0.692 bits per heavy atom. The van der Waals surface area contributed by atoms with Gasteiger partial charge in [0.1, 0.15) is 0 Å². The normalized spacial score (nSPS) is 6.92. The predicted molar refractivity (Wildman–Crippen MR) is 55.7 cm³/mol. The molecular weight excluding hydrogens is 198 g/mol. The van der Waals surface area contributed by atoms with E-state index >= 15 is 0 Å². The van der Waals surface area contributed by atoms with Gasteiger partial charge in [-0.15, -0.1) is 12.4 Å². The van der Waals surface area contributed by atoms with Crippen LogP contribution in [0.3, 0.4) is 0 Å². The fraction of sp³-hybridized carbons (Fsp3) is 1.00. The highest BCUT2D eigenvalue weighted by Gasteiger charge is 1.57. The summed E-state index contributed by atoms with van der Waals surface area (Å²) in [5.41, 5.74) is 14.3. The van der Waals surface area contributed by atoms with Gasteiger partial charge in [0.05, 0.1) is 19.8 Å². The molecule has 0 aliphatic rings. The van der Waals surface area contributed by atoms with Crippen molar-refractivity contribution < 1.29 is 15.3 Å². The molecule has 0 rings (SSSR count). The summed E-state index contributed by atoms with van der Waals surface area (Å²) in [6.45, 7) is 1.42. The van der Waals surface area contributed by atoms with E-state index in [9.17, 15) is 0 Å². The summed E-state index contributed by atoms with van der Waals surface area (Å²) < 4.78 is 0. The Kier molecular flexibility index (Phi) is 71.5. The fourth-order valence-electron chi connectivity index (χ4n) is 0. The Hall–Kier alpha value is 0.0500. The minimum Gasteiger partial charge on any atom is -0.395 e. The Balaban J connectivity index is -0.0000000450. The largest absolute Gasteiger partial charge is 0.395 e. The molecule has 0 aliphatic heterocycles. The molecule has 9 N–H and O–H groups in total. The van der Waals surface area contributed by atoms with E-state index in [0.29, 0.717) is 19.6 Å². The van der Waals surface area contributed by atoms with Gasteiger partial charge >= 0.3 is 0 Å². The third-order valence-corrected chi connectivity index (χ3v) is 0.387. The zero-order valence-corrected chi connectivity index (χ0v) is 8.54. The first-order valence-electron chi connectivity index (χ1n) is 3.67. The number of halogens is 1. The highest BCUT2D eigenvalue weighted by molar-refractivity contribution is 5.85. The summed E-state index contributed by atoms with van der Waals surface area (Å²) >= 11 is 0. The lowest BCUT2D eigenvalue weighted by Gasteiger charge is -1.71. The monoisotopic (exact) mass is 219 g/mol. The van der Waals surface area contributed by atoms with E-state index in [-0.39, 0.29) is 32.2 Å². The molecule has 0 saturated heterocycles. The van der Waals surface area contributed by atoms with Gasteiger partial charge < -0.3 is 32.5 Å². The smallest absolute Gasteiger partial charge is 0.0553 e. The lowest BCUT2D eigenvalue weighted by molar-refractivity contribution is 0.306. The molecule has 0 aliphatic carbocycles. The highest BCUT2D eigenvalue weighted by atomic mass is 35.5. The van der Waals surface area contributed by atoms with Crippen molar-refractivity contribution in [3.05, 3.63) is 0 Å². The lowest BCUT2D eigenvalue weighted by Crippen LogP contribution is -2.02. The molecule has 0 unspecified atom stereocenters. The number of rotatable bonds is 3. The number of nitrogens with two attached hydrogens (primary N) is 3. The SMILES string of the molecule is Cl.NCCO.NCCO.NCCO. The standard InChI is InChI=1S/3C2H7NO.ClH/c3*3-1-2-4;/h3*4H,1-3H2;1H. The van der Waals surface area contributed by atoms with Gasteiger partial charge in [0.15, 0.2) is 0 Å². The lowest BCUT2D eigenvalue weighted by atomic mass is 10.8. The Labute approximate surface area is 85.1 Å². The zero-order valence-electron chi connectivity index (χ0n) is 7.72. The first-order valence-corrected chi connectivity index (χ1v) is 3.67. The maximum absolute atomic E-state index is 7.75. The van der Waals surface area contributed by atoms with Gasteiger partial charge in [0, 0.05) is 19.6 Å². The summed E-state index contributed by atoms with van der Waals surface area (Å²) in [6, 6.07) is 0. The van der Waals surface area contributed by atoms with Gasteiger partial charge in [0.2, 0.25) is 0 Å². The van der Waals surface area contributed by atoms with Crippen LogP contribution in [0.25, 0.3) is 0 Å². The summed E-state index contributed by atoms with van der Waals surface area (Å²) in [4.78, 5) is 0. The van der Waals surface area contributed by atoms with Gasteiger partial charge in [-0.05, 0) is 0 Å². The molecule has 0 saturated carbocycles. The third kappa shape index (κ3) is 131. The molecule has 0 amide bonds. The predicted octanol–water partition coefficient (Wildman–Crippen LogP) is -2.77. The van der Waals surface area contributed by atoms with Crippen LogP contribution in [0.5, 0.6) is 0 Å². The molecule has 13 heavy (non-hydrogen) atoms. The topological polar surface area (TPSA) is 139 Å². The van der Waals surface area contributed by atoms with Gasteiger partial charge in [-0.2, -0.15) is 0 Å². The van der Waals surface area contributed by atoms with Crippen molar-refractivity contribution in [2.75, 3.05) is 39.5 Å². The van der Waals surface area contributed by atoms with Crippen LogP contribution in [0.15, 0.2) is 0 Å². The van der Waals surface area contributed by atoms with Crippen molar-refractivity contribution in [1.29, 1.82) is 0 Å². The minimum atomic E-state index is 0. The number of hydrogen-bond donors (Lipinski definition) is 6. The molecule has 0 aromatic rings. The van der Waals surface area contributed by atoms with E-state index < -0.39 is 0 Å². The van der Waals surface area contributed by atoms with Crippen LogP contribution >= 0.6 is 12.4 Å². The quantitative estimate of drug-likeness (QED) is 0.304. The van der Waals surface area contributed by atoms with E-state index in [1.165, 1.54) is 0 Å². The highest BCUT2D eigenvalue weighted by Crippen LogP contribution is 1.33. The first kappa shape index (κ1) is 23.1. The minimum absolute atomic E-state index is 0. The summed E-state index contributed by atoms with van der Waals surface area (Å²) in [5, 5.41) is 23.2. The van der Waals surface area contributed by atoms with Gasteiger partial charge in [-0.1, -0.05) is 0 Å². The van der Waals surface area contributed by atoms with Crippen LogP contribution in [0, 0.1) is 0 Å². The van der Waals surface area contributed by atoms with Crippen molar-refractivity contribution in [2.24, 2.45) is 17.2 Å². The van der Waals surface area contributed by atoms with Gasteiger partial charge in [-0.3, -0.25) is 0 Å². The van der Waals surface area contributed by atoms with Crippen LogP contribution in [0.1, 0.15) is 0 Å². The van der Waals surface area contributed by atoms with Gasteiger partial charge in [-0.25, -0.2) is 0 Å². The third-order valence-electron chi connectivity index (χ3n) is 0.387. The van der Waals surface area contributed by atoms with Crippen LogP contribution in [-0.4, -0.2) is 54.8 Å². The maximum atomic E-state index is 7.75. The van der Waals surface area contributed by atoms with Crippen molar-refractivity contribution >= 4 is 12.4 Å². The molecule has 0 spiro atoms. The Morgan fingerprint density at radius 2 is 0.692 bits per heavy atom. The van der Waals surface area contributed by atoms with Crippen LogP contribution in [0.2, 0.25) is 0 Å². The van der Waals surface area contributed by atoms with E-state index in [0.717, 1.165) is 0 Å². The molecule has 0 radical (unpaired) electrons. The summed E-state index contributed by atoms with van der Waals surface area (Å²) in [6.07, 6.45) is 0. The second kappa shape index (κ2) is 40.2. The van der Waals surface area contributed by atoms with E-state index in [1.54, 1.807) is 0 Å². The fourth-order valence-corrected chi connectivity index (χ4v) is 0. The first-order chi connectivity index (χ1) is 5.74. The molecule has 6 nitrogen and oxygen atoms in total. The van der Waals surface area contributed by atoms with Crippen molar-refractivity contribution in [1.82, 2.24) is 0 Å². The van der Waals surface area contributed by atoms with E-state index in [2.05, 4.69) is 0 Å². The molecule has 0 aromatic carbocycles. The van der Waals surface area contributed by atoms with Crippen molar-refractivity contribution in [3.8, 4) is 0 Å².